The summed E-state index contributed by atoms with van der Waals surface area (Å²) in [6.07, 6.45) is 10.7. The van der Waals surface area contributed by atoms with E-state index in [2.05, 4.69) is 56.4 Å². The topological polar surface area (TPSA) is 46.8 Å². The summed E-state index contributed by atoms with van der Waals surface area (Å²) in [7, 11) is 0. The van der Waals surface area contributed by atoms with E-state index in [1.165, 1.54) is 42.2 Å². The molecule has 0 bridgehead atoms. The standard InChI is InChI=1S/C23H23N5S/c1-2-5-16(6-3-1)19-14-29-23-20(19)22(25-21(26-23)17-8-9-17)28-11-4-7-18(28)13-27-12-10-24-15-27/h1-3,5-6,10,12,14-15,17-18H,4,7-9,11,13H2. The summed E-state index contributed by atoms with van der Waals surface area (Å²) in [4.78, 5) is 18.1. The van der Waals surface area contributed by atoms with Crippen LogP contribution in [0, 0.1) is 0 Å². The van der Waals surface area contributed by atoms with E-state index in [1.807, 2.05) is 12.5 Å². The van der Waals surface area contributed by atoms with Crippen molar-refractivity contribution in [3.8, 4) is 11.1 Å². The van der Waals surface area contributed by atoms with Gasteiger partial charge in [-0.1, -0.05) is 30.3 Å². The maximum atomic E-state index is 5.18. The van der Waals surface area contributed by atoms with E-state index in [0.717, 1.165) is 29.6 Å². The van der Waals surface area contributed by atoms with E-state index in [0.29, 0.717) is 12.0 Å². The molecule has 0 radical (unpaired) electrons. The summed E-state index contributed by atoms with van der Waals surface area (Å²) < 4.78 is 2.19. The largest absolute Gasteiger partial charge is 0.351 e. The molecule has 1 atom stereocenters. The van der Waals surface area contributed by atoms with Crippen LogP contribution in [0.2, 0.25) is 0 Å². The maximum Gasteiger partial charge on any atom is 0.142 e. The van der Waals surface area contributed by atoms with E-state index in [4.69, 9.17) is 9.97 Å². The van der Waals surface area contributed by atoms with E-state index in [-0.39, 0.29) is 0 Å². The summed E-state index contributed by atoms with van der Waals surface area (Å²) in [5, 5.41) is 3.48. The van der Waals surface area contributed by atoms with Gasteiger partial charge in [0.15, 0.2) is 0 Å². The fourth-order valence-electron chi connectivity index (χ4n) is 4.44. The second-order valence-corrected chi connectivity index (χ2v) is 8.98. The number of thiophene rings is 1. The average Bonchev–Trinajstić information content (AvgIpc) is 3.14. The monoisotopic (exact) mass is 401 g/mol. The molecule has 1 saturated heterocycles. The smallest absolute Gasteiger partial charge is 0.142 e. The molecule has 1 aliphatic carbocycles. The molecular formula is C23H23N5S. The molecule has 5 nitrogen and oxygen atoms in total. The molecule has 29 heavy (non-hydrogen) atoms. The van der Waals surface area contributed by atoms with E-state index >= 15 is 0 Å². The van der Waals surface area contributed by atoms with Crippen LogP contribution in [0.1, 0.15) is 37.4 Å². The predicted octanol–water partition coefficient (Wildman–Crippen LogP) is 5.10. The zero-order chi connectivity index (χ0) is 19.2. The Balaban J connectivity index is 1.49. The van der Waals surface area contributed by atoms with Crippen molar-refractivity contribution in [3.05, 3.63) is 60.3 Å². The Morgan fingerprint density at radius 2 is 1.97 bits per heavy atom. The summed E-state index contributed by atoms with van der Waals surface area (Å²) in [6.45, 7) is 2.01. The number of anilines is 1. The lowest BCUT2D eigenvalue weighted by Gasteiger charge is -2.27. The third-order valence-electron chi connectivity index (χ3n) is 6.09. The highest BCUT2D eigenvalue weighted by Gasteiger charge is 2.33. The van der Waals surface area contributed by atoms with E-state index in [9.17, 15) is 0 Å². The molecule has 3 aromatic heterocycles. The molecule has 6 heteroatoms. The van der Waals surface area contributed by atoms with Gasteiger partial charge < -0.3 is 9.47 Å². The first-order chi connectivity index (χ1) is 14.4. The van der Waals surface area contributed by atoms with Crippen LogP contribution < -0.4 is 4.90 Å². The summed E-state index contributed by atoms with van der Waals surface area (Å²) in [5.41, 5.74) is 2.50. The first kappa shape index (κ1) is 17.2. The number of fused-ring (bicyclic) bond motifs is 1. The molecular weight excluding hydrogens is 378 g/mol. The molecule has 0 amide bonds. The summed E-state index contributed by atoms with van der Waals surface area (Å²) in [5.74, 6) is 2.73. The quantitative estimate of drug-likeness (QED) is 0.467. The summed E-state index contributed by atoms with van der Waals surface area (Å²) >= 11 is 1.75. The lowest BCUT2D eigenvalue weighted by Crippen LogP contribution is -2.33. The van der Waals surface area contributed by atoms with Gasteiger partial charge >= 0.3 is 0 Å². The van der Waals surface area contributed by atoms with Gasteiger partial charge in [0, 0.05) is 48.4 Å². The van der Waals surface area contributed by atoms with Gasteiger partial charge in [0.25, 0.3) is 0 Å². The third kappa shape index (κ3) is 3.12. The van der Waals surface area contributed by atoms with Crippen LogP contribution >= 0.6 is 11.3 Å². The van der Waals surface area contributed by atoms with Gasteiger partial charge in [0.05, 0.1) is 11.7 Å². The number of rotatable bonds is 5. The van der Waals surface area contributed by atoms with Crippen molar-refractivity contribution in [2.75, 3.05) is 11.4 Å². The number of benzene rings is 1. The van der Waals surface area contributed by atoms with E-state index in [1.54, 1.807) is 11.3 Å². The molecule has 1 unspecified atom stereocenters. The zero-order valence-electron chi connectivity index (χ0n) is 16.2. The Hall–Kier alpha value is -2.73. The molecule has 0 N–H and O–H groups in total. The van der Waals surface area contributed by atoms with Gasteiger partial charge in [0.1, 0.15) is 16.5 Å². The van der Waals surface area contributed by atoms with Crippen molar-refractivity contribution in [1.29, 1.82) is 0 Å². The Labute approximate surface area is 174 Å². The minimum absolute atomic E-state index is 0.442. The van der Waals surface area contributed by atoms with Crippen molar-refractivity contribution >= 4 is 27.4 Å². The fraction of sp³-hybridized carbons (Fsp3) is 0.348. The molecule has 6 rings (SSSR count). The Morgan fingerprint density at radius 1 is 1.07 bits per heavy atom. The Bertz CT molecular complexity index is 1130. The SMILES string of the molecule is c1ccc(-c2csc3nc(C4CC4)nc(N4CCCC4Cn4ccnc4)c23)cc1. The molecule has 4 aromatic rings. The van der Waals surface area contributed by atoms with Crippen LogP contribution in [-0.2, 0) is 6.54 Å². The maximum absolute atomic E-state index is 5.18. The van der Waals surface area contributed by atoms with Crippen molar-refractivity contribution in [2.45, 2.75) is 44.2 Å². The number of hydrogen-bond acceptors (Lipinski definition) is 5. The minimum Gasteiger partial charge on any atom is -0.351 e. The first-order valence-corrected chi connectivity index (χ1v) is 11.3. The Morgan fingerprint density at radius 3 is 2.76 bits per heavy atom. The van der Waals surface area contributed by atoms with Crippen LogP contribution in [0.5, 0.6) is 0 Å². The number of imidazole rings is 1. The normalized spacial score (nSPS) is 19.3. The average molecular weight is 402 g/mol. The van der Waals surface area contributed by atoms with Crippen molar-refractivity contribution in [1.82, 2.24) is 19.5 Å². The molecule has 2 fully saturated rings. The van der Waals surface area contributed by atoms with Gasteiger partial charge in [-0.25, -0.2) is 15.0 Å². The van der Waals surface area contributed by atoms with Crippen molar-refractivity contribution in [2.24, 2.45) is 0 Å². The van der Waals surface area contributed by atoms with Crippen molar-refractivity contribution in [3.63, 3.8) is 0 Å². The molecule has 2 aliphatic rings. The predicted molar refractivity (Wildman–Crippen MR) is 117 cm³/mol. The van der Waals surface area contributed by atoms with Gasteiger partial charge in [-0.3, -0.25) is 0 Å². The van der Waals surface area contributed by atoms with Gasteiger partial charge in [-0.15, -0.1) is 11.3 Å². The first-order valence-electron chi connectivity index (χ1n) is 10.4. The molecule has 1 aliphatic heterocycles. The van der Waals surface area contributed by atoms with Gasteiger partial charge in [-0.05, 0) is 31.2 Å². The van der Waals surface area contributed by atoms with Gasteiger partial charge in [0.2, 0.25) is 0 Å². The van der Waals surface area contributed by atoms with Crippen LogP contribution in [0.15, 0.2) is 54.4 Å². The lowest BCUT2D eigenvalue weighted by molar-refractivity contribution is 0.547. The molecule has 1 aromatic carbocycles. The Kier molecular flexibility index (Phi) is 4.11. The summed E-state index contributed by atoms with van der Waals surface area (Å²) in [6, 6.07) is 11.1. The second-order valence-electron chi connectivity index (χ2n) is 8.12. The highest BCUT2D eigenvalue weighted by Crippen LogP contribution is 2.44. The molecule has 1 saturated carbocycles. The highest BCUT2D eigenvalue weighted by atomic mass is 32.1. The molecule has 146 valence electrons. The number of nitrogens with zero attached hydrogens (tertiary/aromatic N) is 5. The second kappa shape index (κ2) is 6.95. The molecule has 4 heterocycles. The number of aromatic nitrogens is 4. The van der Waals surface area contributed by atoms with Crippen molar-refractivity contribution < 1.29 is 0 Å². The molecule has 0 spiro atoms. The highest BCUT2D eigenvalue weighted by molar-refractivity contribution is 7.17. The fourth-order valence-corrected chi connectivity index (χ4v) is 5.39. The van der Waals surface area contributed by atoms with Gasteiger partial charge in [-0.2, -0.15) is 0 Å². The minimum atomic E-state index is 0.442. The van der Waals surface area contributed by atoms with Crippen LogP contribution in [0.4, 0.5) is 5.82 Å². The van der Waals surface area contributed by atoms with Crippen LogP contribution in [-0.4, -0.2) is 32.1 Å². The lowest BCUT2D eigenvalue weighted by atomic mass is 10.1. The zero-order valence-corrected chi connectivity index (χ0v) is 17.1. The number of hydrogen-bond donors (Lipinski definition) is 0. The third-order valence-corrected chi connectivity index (χ3v) is 6.96. The van der Waals surface area contributed by atoms with Crippen LogP contribution in [0.3, 0.4) is 0 Å². The van der Waals surface area contributed by atoms with Crippen LogP contribution in [0.25, 0.3) is 21.3 Å². The van der Waals surface area contributed by atoms with E-state index < -0.39 is 0 Å².